The molecule has 8 nitrogen and oxygen atoms in total. The Labute approximate surface area is 176 Å². The molecule has 3 atom stereocenters. The molecule has 0 aliphatic heterocycles. The molecule has 0 aromatic carbocycles. The third-order valence-electron chi connectivity index (χ3n) is 2.49. The molecule has 0 spiro atoms. The molecular weight excluding hydrogens is 460 g/mol. The second-order valence-corrected chi connectivity index (χ2v) is 15.6. The topological polar surface area (TPSA) is 140 Å². The molecular formula is C14H31Cl3N2O6P2. The van der Waals surface area contributed by atoms with Crippen LogP contribution in [0.4, 0.5) is 0 Å². The van der Waals surface area contributed by atoms with E-state index in [1.54, 1.807) is 0 Å². The van der Waals surface area contributed by atoms with Gasteiger partial charge in [-0.05, 0) is 59.4 Å². The van der Waals surface area contributed by atoms with Crippen molar-refractivity contribution in [3.05, 3.63) is 0 Å². The Balaban J connectivity index is -0.0000000818. The second-order valence-electron chi connectivity index (χ2n) is 5.97. The zero-order valence-corrected chi connectivity index (χ0v) is 20.9. The van der Waals surface area contributed by atoms with Crippen LogP contribution in [-0.2, 0) is 28.3 Å². The maximum Gasteiger partial charge on any atom is 0.373 e. The summed E-state index contributed by atoms with van der Waals surface area (Å²) >= 11 is 15.2. The van der Waals surface area contributed by atoms with Crippen molar-refractivity contribution in [3.8, 4) is 0 Å². The highest BCUT2D eigenvalue weighted by Gasteiger charge is 2.15. The fourth-order valence-electron chi connectivity index (χ4n) is 0.513. The Bertz CT molecular complexity index is 469. The molecule has 27 heavy (non-hydrogen) atoms. The van der Waals surface area contributed by atoms with Crippen molar-refractivity contribution in [2.75, 3.05) is 13.3 Å². The Morgan fingerprint density at radius 2 is 0.963 bits per heavy atom. The Morgan fingerprint density at radius 3 is 1.00 bits per heavy atom. The van der Waals surface area contributed by atoms with Crippen molar-refractivity contribution in [1.29, 1.82) is 0 Å². The summed E-state index contributed by atoms with van der Waals surface area (Å²) in [5.41, 5.74) is 5.44. The van der Waals surface area contributed by atoms with Gasteiger partial charge in [0.05, 0.1) is 0 Å². The highest BCUT2D eigenvalue weighted by molar-refractivity contribution is 8.08. The number of hydrogen-bond acceptors (Lipinski definition) is 7. The van der Waals surface area contributed by atoms with Crippen molar-refractivity contribution < 1.29 is 28.3 Å². The molecule has 3 N–H and O–H groups in total. The summed E-state index contributed by atoms with van der Waals surface area (Å²) in [4.78, 5) is 32.5. The Morgan fingerprint density at radius 1 is 0.778 bits per heavy atom. The number of halogens is 3. The number of nitrogens with one attached hydrogen (secondary N) is 1. The fraction of sp³-hybridized carbons (Fsp3) is 0.857. The van der Waals surface area contributed by atoms with E-state index < -0.39 is 12.5 Å². The SMILES string of the molecule is CC(C)[C@H](C)N.CC(C)[C@H](C)NP(C)(=O)Cl.CP(=O)(Cl)Cl.O=C=O.O=C=O. The van der Waals surface area contributed by atoms with Crippen LogP contribution < -0.4 is 10.8 Å². The van der Waals surface area contributed by atoms with Gasteiger partial charge in [-0.25, -0.2) is 0 Å². The monoisotopic (exact) mass is 490 g/mol. The largest absolute Gasteiger partial charge is 0.373 e. The minimum absolute atomic E-state index is 0.216. The molecule has 0 amide bonds. The molecule has 0 bridgehead atoms. The third kappa shape index (κ3) is 88.6. The van der Waals surface area contributed by atoms with Crippen molar-refractivity contribution in [1.82, 2.24) is 5.09 Å². The standard InChI is InChI=1S/C6H15ClNOP.C5H13N.CH3Cl2OP.2CO2/c1-5(2)6(3)8-10(4,7)9;1-4(2)5(3)6;1-5(2,3)4;2*2-1-3/h5-6H,1-4H3,(H,8,9);4-5H,6H2,1-3H3;1H3;;/t6-,10?;5-;;;/m00.../s1. The third-order valence-corrected chi connectivity index (χ3v) is 3.65. The number of nitrogens with two attached hydrogens (primary N) is 1. The summed E-state index contributed by atoms with van der Waals surface area (Å²) < 4.78 is 20.7. The van der Waals surface area contributed by atoms with Gasteiger partial charge in [0.1, 0.15) is 0 Å². The van der Waals surface area contributed by atoms with Gasteiger partial charge in [0.2, 0.25) is 12.5 Å². The highest BCUT2D eigenvalue weighted by Crippen LogP contribution is 2.52. The van der Waals surface area contributed by atoms with Crippen molar-refractivity contribution >= 4 is 58.5 Å². The van der Waals surface area contributed by atoms with Crippen LogP contribution in [0, 0.1) is 11.8 Å². The molecule has 0 aliphatic carbocycles. The summed E-state index contributed by atoms with van der Waals surface area (Å²) in [5, 5.41) is 2.84. The Kier molecular flexibility index (Phi) is 31.2. The average Bonchev–Trinajstić information content (AvgIpc) is 2.36. The van der Waals surface area contributed by atoms with Gasteiger partial charge in [0.15, 0.2) is 0 Å². The van der Waals surface area contributed by atoms with Crippen LogP contribution in [0.5, 0.6) is 0 Å². The van der Waals surface area contributed by atoms with Gasteiger partial charge in [-0.3, -0.25) is 14.2 Å². The molecule has 0 saturated heterocycles. The highest BCUT2D eigenvalue weighted by atomic mass is 35.9. The van der Waals surface area contributed by atoms with Crippen LogP contribution in [-0.4, -0.2) is 37.7 Å². The number of carbonyl (C=O) groups excluding carboxylic acids is 4. The second kappa shape index (κ2) is 22.3. The van der Waals surface area contributed by atoms with Crippen LogP contribution in [0.3, 0.4) is 0 Å². The van der Waals surface area contributed by atoms with E-state index in [1.165, 1.54) is 13.3 Å². The molecule has 164 valence electrons. The van der Waals surface area contributed by atoms with E-state index in [2.05, 4.69) is 32.8 Å². The molecule has 0 aromatic rings. The minimum atomic E-state index is -2.69. The summed E-state index contributed by atoms with van der Waals surface area (Å²) in [5.74, 6) is -1.60. The van der Waals surface area contributed by atoms with Gasteiger partial charge in [-0.15, -0.1) is 0 Å². The van der Waals surface area contributed by atoms with Crippen molar-refractivity contribution in [2.45, 2.75) is 53.6 Å². The number of hydrogen-bond donors (Lipinski definition) is 2. The molecule has 0 aliphatic rings. The lowest BCUT2D eigenvalue weighted by atomic mass is 10.1. The van der Waals surface area contributed by atoms with E-state index in [-0.39, 0.29) is 18.3 Å². The molecule has 0 saturated carbocycles. The summed E-state index contributed by atoms with van der Waals surface area (Å²) in [6, 6.07) is 0.568. The van der Waals surface area contributed by atoms with Crippen LogP contribution in [0.1, 0.15) is 41.5 Å². The van der Waals surface area contributed by atoms with Gasteiger partial charge < -0.3 is 5.73 Å². The van der Waals surface area contributed by atoms with Crippen LogP contribution in [0.2, 0.25) is 0 Å². The quantitative estimate of drug-likeness (QED) is 0.535. The Hall–Kier alpha value is 0.0100. The molecule has 0 rings (SSSR count). The minimum Gasteiger partial charge on any atom is -0.328 e. The van der Waals surface area contributed by atoms with Crippen LogP contribution in [0.25, 0.3) is 0 Å². The predicted octanol–water partition coefficient (Wildman–Crippen LogP) is 4.79. The first kappa shape index (κ1) is 37.7. The lowest BCUT2D eigenvalue weighted by Crippen LogP contribution is -2.26. The van der Waals surface area contributed by atoms with Crippen molar-refractivity contribution in [3.63, 3.8) is 0 Å². The van der Waals surface area contributed by atoms with Crippen LogP contribution in [0.15, 0.2) is 0 Å². The summed E-state index contributed by atoms with van der Waals surface area (Å²) in [6.07, 6.45) is 0.500. The smallest absolute Gasteiger partial charge is 0.328 e. The number of rotatable bonds is 4. The fourth-order valence-corrected chi connectivity index (χ4v) is 2.00. The van der Waals surface area contributed by atoms with E-state index in [0.29, 0.717) is 17.9 Å². The lowest BCUT2D eigenvalue weighted by molar-refractivity contribution is -0.193. The van der Waals surface area contributed by atoms with E-state index >= 15 is 0 Å². The van der Waals surface area contributed by atoms with Crippen molar-refractivity contribution in [2.24, 2.45) is 17.6 Å². The molecule has 0 aromatic heterocycles. The van der Waals surface area contributed by atoms with Gasteiger partial charge in [-0.1, -0.05) is 27.7 Å². The predicted molar refractivity (Wildman–Crippen MR) is 111 cm³/mol. The van der Waals surface area contributed by atoms with E-state index in [9.17, 15) is 9.13 Å². The van der Waals surface area contributed by atoms with E-state index in [0.717, 1.165) is 0 Å². The van der Waals surface area contributed by atoms with Gasteiger partial charge in [-0.2, -0.15) is 19.2 Å². The normalized spacial score (nSPS) is 13.9. The molecule has 0 radical (unpaired) electrons. The average molecular weight is 492 g/mol. The van der Waals surface area contributed by atoms with Gasteiger partial charge in [0, 0.05) is 25.4 Å². The van der Waals surface area contributed by atoms with E-state index in [4.69, 9.17) is 58.6 Å². The van der Waals surface area contributed by atoms with E-state index in [1.807, 2.05) is 13.8 Å². The lowest BCUT2D eigenvalue weighted by Gasteiger charge is -2.18. The maximum atomic E-state index is 11.0. The van der Waals surface area contributed by atoms with Crippen LogP contribution >= 0.6 is 46.2 Å². The first-order valence-electron chi connectivity index (χ1n) is 7.56. The van der Waals surface area contributed by atoms with Gasteiger partial charge in [0.25, 0.3) is 0 Å². The molecule has 0 fully saturated rings. The first-order chi connectivity index (χ1) is 11.8. The summed E-state index contributed by atoms with van der Waals surface area (Å²) in [6.45, 7) is 12.6. The van der Waals surface area contributed by atoms with Gasteiger partial charge >= 0.3 is 12.3 Å². The zero-order valence-electron chi connectivity index (χ0n) is 16.9. The summed E-state index contributed by atoms with van der Waals surface area (Å²) in [7, 11) is 0. The zero-order chi connectivity index (χ0) is 23.4. The maximum absolute atomic E-state index is 11.0. The molecule has 1 unspecified atom stereocenters. The molecule has 0 heterocycles. The first-order valence-corrected chi connectivity index (χ1v) is 14.6. The molecule has 13 heteroatoms.